The second-order valence-corrected chi connectivity index (χ2v) is 8.50. The Morgan fingerprint density at radius 1 is 1.12 bits per heavy atom. The maximum absolute atomic E-state index is 13.3. The van der Waals surface area contributed by atoms with E-state index in [1.807, 2.05) is 31.2 Å². The molecule has 3 amide bonds. The van der Waals surface area contributed by atoms with E-state index in [9.17, 15) is 9.59 Å². The Bertz CT molecular complexity index is 1100. The molecule has 2 aromatic carbocycles. The van der Waals surface area contributed by atoms with Gasteiger partial charge >= 0.3 is 6.03 Å². The van der Waals surface area contributed by atoms with Gasteiger partial charge in [0.2, 0.25) is 6.79 Å². The summed E-state index contributed by atoms with van der Waals surface area (Å²) >= 11 is 0. The lowest BCUT2D eigenvalue weighted by Gasteiger charge is -2.25. The molecule has 0 aliphatic carbocycles. The van der Waals surface area contributed by atoms with Gasteiger partial charge in [-0.25, -0.2) is 9.80 Å². The first-order chi connectivity index (χ1) is 15.9. The highest BCUT2D eigenvalue weighted by Crippen LogP contribution is 2.39. The topological polar surface area (TPSA) is 83.5 Å². The summed E-state index contributed by atoms with van der Waals surface area (Å²) in [4.78, 5) is 26.9. The van der Waals surface area contributed by atoms with E-state index < -0.39 is 0 Å². The van der Waals surface area contributed by atoms with Crippen LogP contribution in [0, 0.1) is 13.8 Å². The maximum Gasteiger partial charge on any atom is 0.317 e. The zero-order valence-corrected chi connectivity index (χ0v) is 19.6. The highest BCUT2D eigenvalue weighted by atomic mass is 16.7. The van der Waals surface area contributed by atoms with Crippen molar-refractivity contribution >= 4 is 17.6 Å². The molecule has 2 aromatic rings. The molecule has 1 N–H and O–H groups in total. The number of fused-ring (bicyclic) bond motifs is 1. The van der Waals surface area contributed by atoms with Gasteiger partial charge in [0.25, 0.3) is 5.91 Å². The van der Waals surface area contributed by atoms with Crippen LogP contribution in [0.1, 0.15) is 48.1 Å². The Morgan fingerprint density at radius 3 is 2.67 bits per heavy atom. The lowest BCUT2D eigenvalue weighted by molar-refractivity contribution is -0.133. The molecule has 0 spiro atoms. The number of nitrogens with zero attached hydrogens (tertiary/aromatic N) is 3. The molecule has 0 radical (unpaired) electrons. The molecule has 0 saturated heterocycles. The quantitative estimate of drug-likeness (QED) is 0.726. The molecule has 2 heterocycles. The molecule has 2 aliphatic heterocycles. The first kappa shape index (κ1) is 22.6. The molecule has 4 rings (SSSR count). The highest BCUT2D eigenvalue weighted by Gasteiger charge is 2.34. The van der Waals surface area contributed by atoms with Crippen molar-refractivity contribution in [1.82, 2.24) is 15.2 Å². The summed E-state index contributed by atoms with van der Waals surface area (Å²) in [6, 6.07) is 11.3. The first-order valence-electron chi connectivity index (χ1n) is 11.2. The fourth-order valence-electron chi connectivity index (χ4n) is 3.93. The van der Waals surface area contributed by atoms with Gasteiger partial charge in [0.05, 0.1) is 11.8 Å². The van der Waals surface area contributed by atoms with E-state index in [1.54, 1.807) is 7.05 Å². The number of likely N-dealkylation sites (N-methyl/N-ethyl adjacent to an activating group) is 1. The standard InChI is InChI=1S/C25H30N4O4/c1-5-10-26-25(31)28(4)14-24(30)29-21(19-8-9-22-23(12-19)33-15-32-22)13-20(27-29)18-7-6-16(2)17(3)11-18/h6-9,11-12,21H,5,10,13-15H2,1-4H3,(H,26,31). The Balaban J connectivity index is 1.61. The van der Waals surface area contributed by atoms with Crippen molar-refractivity contribution in [3.8, 4) is 11.5 Å². The SMILES string of the molecule is CCCNC(=O)N(C)CC(=O)N1N=C(c2ccc(C)c(C)c2)CC1c1ccc2c(c1)OCO2. The molecular weight excluding hydrogens is 420 g/mol. The number of urea groups is 1. The minimum absolute atomic E-state index is 0.0691. The van der Waals surface area contributed by atoms with Gasteiger partial charge in [0, 0.05) is 20.0 Å². The van der Waals surface area contributed by atoms with Crippen molar-refractivity contribution in [2.24, 2.45) is 5.10 Å². The molecule has 0 aromatic heterocycles. The van der Waals surface area contributed by atoms with Gasteiger partial charge in [0.1, 0.15) is 6.54 Å². The van der Waals surface area contributed by atoms with Crippen LogP contribution in [0.5, 0.6) is 11.5 Å². The zero-order chi connectivity index (χ0) is 23.5. The van der Waals surface area contributed by atoms with Crippen LogP contribution in [0.2, 0.25) is 0 Å². The largest absolute Gasteiger partial charge is 0.454 e. The minimum atomic E-state index is -0.296. The van der Waals surface area contributed by atoms with Crippen molar-refractivity contribution in [2.45, 2.75) is 39.7 Å². The summed E-state index contributed by atoms with van der Waals surface area (Å²) in [7, 11) is 1.61. The summed E-state index contributed by atoms with van der Waals surface area (Å²) in [6.45, 7) is 6.80. The number of carbonyl (C=O) groups excluding carboxylic acids is 2. The fraction of sp³-hybridized carbons (Fsp3) is 0.400. The lowest BCUT2D eigenvalue weighted by Crippen LogP contribution is -2.43. The highest BCUT2D eigenvalue weighted by molar-refractivity contribution is 6.03. The van der Waals surface area contributed by atoms with Crippen LogP contribution in [0.4, 0.5) is 4.79 Å². The molecule has 174 valence electrons. The van der Waals surface area contributed by atoms with Crippen LogP contribution in [0.15, 0.2) is 41.5 Å². The summed E-state index contributed by atoms with van der Waals surface area (Å²) in [5.41, 5.74) is 5.12. The lowest BCUT2D eigenvalue weighted by atomic mass is 9.96. The monoisotopic (exact) mass is 450 g/mol. The number of hydrazone groups is 1. The van der Waals surface area contributed by atoms with E-state index in [1.165, 1.54) is 21.0 Å². The summed E-state index contributed by atoms with van der Waals surface area (Å²) in [5, 5.41) is 9.03. The third kappa shape index (κ3) is 4.79. The van der Waals surface area contributed by atoms with Crippen molar-refractivity contribution in [2.75, 3.05) is 26.9 Å². The van der Waals surface area contributed by atoms with Crippen LogP contribution in [0.25, 0.3) is 0 Å². The third-order valence-corrected chi connectivity index (χ3v) is 6.03. The predicted molar refractivity (Wildman–Crippen MR) is 126 cm³/mol. The molecule has 2 aliphatic rings. The van der Waals surface area contributed by atoms with Crippen LogP contribution >= 0.6 is 0 Å². The van der Waals surface area contributed by atoms with Crippen LogP contribution in [-0.2, 0) is 4.79 Å². The second kappa shape index (κ2) is 9.52. The molecule has 0 fully saturated rings. The number of carbonyl (C=O) groups is 2. The molecule has 0 saturated carbocycles. The van der Waals surface area contributed by atoms with Crippen molar-refractivity contribution in [3.63, 3.8) is 0 Å². The number of nitrogens with one attached hydrogen (secondary N) is 1. The Kier molecular flexibility index (Phi) is 6.53. The van der Waals surface area contributed by atoms with Gasteiger partial charge in [-0.1, -0.05) is 25.1 Å². The average Bonchev–Trinajstić information content (AvgIpc) is 3.46. The molecule has 8 heteroatoms. The van der Waals surface area contributed by atoms with Gasteiger partial charge in [-0.3, -0.25) is 4.79 Å². The van der Waals surface area contributed by atoms with Crippen molar-refractivity contribution in [1.29, 1.82) is 0 Å². The summed E-state index contributed by atoms with van der Waals surface area (Å²) in [6.07, 6.45) is 1.40. The second-order valence-electron chi connectivity index (χ2n) is 8.50. The van der Waals surface area contributed by atoms with E-state index in [2.05, 4.69) is 31.3 Å². The molecule has 8 nitrogen and oxygen atoms in total. The van der Waals surface area contributed by atoms with E-state index >= 15 is 0 Å². The maximum atomic E-state index is 13.3. The fourth-order valence-corrected chi connectivity index (χ4v) is 3.93. The van der Waals surface area contributed by atoms with Gasteiger partial charge < -0.3 is 19.7 Å². The zero-order valence-electron chi connectivity index (χ0n) is 19.6. The minimum Gasteiger partial charge on any atom is -0.454 e. The number of hydrogen-bond donors (Lipinski definition) is 1. The van der Waals surface area contributed by atoms with Crippen LogP contribution < -0.4 is 14.8 Å². The predicted octanol–water partition coefficient (Wildman–Crippen LogP) is 3.76. The molecule has 1 atom stereocenters. The van der Waals surface area contributed by atoms with Gasteiger partial charge in [-0.05, 0) is 60.7 Å². The number of benzene rings is 2. The molecule has 0 bridgehead atoms. The van der Waals surface area contributed by atoms with Crippen molar-refractivity contribution < 1.29 is 19.1 Å². The Hall–Kier alpha value is -3.55. The Labute approximate surface area is 194 Å². The number of ether oxygens (including phenoxy) is 2. The van der Waals surface area contributed by atoms with Crippen LogP contribution in [-0.4, -0.2) is 54.5 Å². The first-order valence-corrected chi connectivity index (χ1v) is 11.2. The summed E-state index contributed by atoms with van der Waals surface area (Å²) < 4.78 is 11.0. The molecule has 33 heavy (non-hydrogen) atoms. The van der Waals surface area contributed by atoms with E-state index in [0.717, 1.165) is 23.3 Å². The van der Waals surface area contributed by atoms with E-state index in [4.69, 9.17) is 14.6 Å². The van der Waals surface area contributed by atoms with Crippen LogP contribution in [0.3, 0.4) is 0 Å². The number of rotatable bonds is 6. The Morgan fingerprint density at radius 2 is 1.91 bits per heavy atom. The average molecular weight is 451 g/mol. The summed E-state index contributed by atoms with van der Waals surface area (Å²) in [5.74, 6) is 1.11. The van der Waals surface area contributed by atoms with Gasteiger partial charge in [-0.15, -0.1) is 0 Å². The van der Waals surface area contributed by atoms with Crippen molar-refractivity contribution in [3.05, 3.63) is 58.7 Å². The number of amides is 3. The molecular formula is C25H30N4O4. The normalized spacial score (nSPS) is 16.5. The van der Waals surface area contributed by atoms with Gasteiger partial charge in [-0.2, -0.15) is 5.10 Å². The third-order valence-electron chi connectivity index (χ3n) is 6.03. The number of hydrogen-bond acceptors (Lipinski definition) is 5. The van der Waals surface area contributed by atoms with E-state index in [-0.39, 0.29) is 31.3 Å². The van der Waals surface area contributed by atoms with E-state index in [0.29, 0.717) is 24.5 Å². The smallest absolute Gasteiger partial charge is 0.317 e. The molecule has 1 unspecified atom stereocenters. The van der Waals surface area contributed by atoms with Gasteiger partial charge in [0.15, 0.2) is 11.5 Å². The number of aryl methyl sites for hydroxylation is 2.